The second-order valence-corrected chi connectivity index (χ2v) is 5.01. The van der Waals surface area contributed by atoms with Crippen molar-refractivity contribution in [3.8, 4) is 5.69 Å². The Morgan fingerprint density at radius 1 is 1.15 bits per heavy atom. The van der Waals surface area contributed by atoms with E-state index in [2.05, 4.69) is 5.10 Å². The Labute approximate surface area is 124 Å². The summed E-state index contributed by atoms with van der Waals surface area (Å²) in [6.45, 7) is 0. The first-order valence-electron chi connectivity index (χ1n) is 5.73. The number of nitrogens with zero attached hydrogens (tertiary/aromatic N) is 2. The largest absolute Gasteiger partial charge is 0.478 e. The van der Waals surface area contributed by atoms with E-state index in [0.717, 1.165) is 5.69 Å². The SMILES string of the molecule is O=C(O)c1cccc2c1cnn2-c1ccc(Cl)c(Cl)c1. The van der Waals surface area contributed by atoms with Crippen LogP contribution >= 0.6 is 23.2 Å². The molecule has 0 aliphatic rings. The number of carbonyl (C=O) groups is 1. The summed E-state index contributed by atoms with van der Waals surface area (Å²) in [5, 5.41) is 14.8. The fourth-order valence-electron chi connectivity index (χ4n) is 2.06. The highest BCUT2D eigenvalue weighted by Crippen LogP contribution is 2.27. The normalized spacial score (nSPS) is 10.9. The number of hydrogen-bond donors (Lipinski definition) is 1. The Morgan fingerprint density at radius 2 is 1.95 bits per heavy atom. The standard InChI is InChI=1S/C14H8Cl2N2O2/c15-11-5-4-8(6-12(11)16)18-13-3-1-2-9(14(19)20)10(13)7-17-18/h1-7H,(H,19,20). The number of rotatable bonds is 2. The van der Waals surface area contributed by atoms with E-state index in [9.17, 15) is 4.79 Å². The molecule has 1 aromatic heterocycles. The number of aromatic nitrogens is 2. The molecule has 0 atom stereocenters. The zero-order valence-corrected chi connectivity index (χ0v) is 11.6. The van der Waals surface area contributed by atoms with Crippen molar-refractivity contribution in [3.63, 3.8) is 0 Å². The summed E-state index contributed by atoms with van der Waals surface area (Å²) in [4.78, 5) is 11.2. The maximum Gasteiger partial charge on any atom is 0.336 e. The number of halogens is 2. The second-order valence-electron chi connectivity index (χ2n) is 4.20. The monoisotopic (exact) mass is 306 g/mol. The van der Waals surface area contributed by atoms with Crippen molar-refractivity contribution >= 4 is 40.1 Å². The van der Waals surface area contributed by atoms with E-state index in [4.69, 9.17) is 28.3 Å². The number of benzene rings is 2. The molecule has 0 aliphatic carbocycles. The van der Waals surface area contributed by atoms with Crippen LogP contribution in [0.25, 0.3) is 16.6 Å². The molecule has 4 nitrogen and oxygen atoms in total. The summed E-state index contributed by atoms with van der Waals surface area (Å²) in [5.41, 5.74) is 1.63. The van der Waals surface area contributed by atoms with Gasteiger partial charge in [-0.05, 0) is 30.3 Å². The van der Waals surface area contributed by atoms with E-state index < -0.39 is 5.97 Å². The van der Waals surface area contributed by atoms with Gasteiger partial charge in [0.1, 0.15) is 0 Å². The maximum absolute atomic E-state index is 11.2. The number of aromatic carboxylic acids is 1. The number of carboxylic acids is 1. The Hall–Kier alpha value is -2.04. The van der Waals surface area contributed by atoms with Gasteiger partial charge in [0.2, 0.25) is 0 Å². The molecule has 3 aromatic rings. The first-order valence-corrected chi connectivity index (χ1v) is 6.49. The average molecular weight is 307 g/mol. The van der Waals surface area contributed by atoms with E-state index >= 15 is 0 Å². The lowest BCUT2D eigenvalue weighted by molar-refractivity contribution is 0.0699. The van der Waals surface area contributed by atoms with Gasteiger partial charge >= 0.3 is 5.97 Å². The predicted molar refractivity (Wildman–Crippen MR) is 78.0 cm³/mol. The van der Waals surface area contributed by atoms with Crippen molar-refractivity contribution in [1.82, 2.24) is 9.78 Å². The van der Waals surface area contributed by atoms with Crippen molar-refractivity contribution in [2.75, 3.05) is 0 Å². The van der Waals surface area contributed by atoms with Crippen LogP contribution in [-0.4, -0.2) is 20.9 Å². The van der Waals surface area contributed by atoms with Gasteiger partial charge < -0.3 is 5.11 Å². The molecule has 0 bridgehead atoms. The zero-order valence-electron chi connectivity index (χ0n) is 10.0. The van der Waals surface area contributed by atoms with Crippen LogP contribution in [0.5, 0.6) is 0 Å². The molecule has 0 aliphatic heterocycles. The van der Waals surface area contributed by atoms with Crippen LogP contribution in [0.2, 0.25) is 10.0 Å². The fourth-order valence-corrected chi connectivity index (χ4v) is 2.35. The molecule has 6 heteroatoms. The molecule has 100 valence electrons. The van der Waals surface area contributed by atoms with Crippen LogP contribution in [0.1, 0.15) is 10.4 Å². The first kappa shape index (κ1) is 13.0. The Morgan fingerprint density at radius 3 is 2.65 bits per heavy atom. The Bertz CT molecular complexity index is 827. The third-order valence-corrected chi connectivity index (χ3v) is 3.73. The predicted octanol–water partition coefficient (Wildman–Crippen LogP) is 4.03. The lowest BCUT2D eigenvalue weighted by Gasteiger charge is -2.05. The molecule has 0 unspecified atom stereocenters. The zero-order chi connectivity index (χ0) is 14.3. The van der Waals surface area contributed by atoms with E-state index in [1.165, 1.54) is 6.20 Å². The minimum atomic E-state index is -0.982. The molecule has 1 N–H and O–H groups in total. The minimum absolute atomic E-state index is 0.216. The summed E-state index contributed by atoms with van der Waals surface area (Å²) in [6.07, 6.45) is 1.53. The van der Waals surface area contributed by atoms with E-state index in [-0.39, 0.29) is 5.56 Å². The third kappa shape index (κ3) is 2.03. The van der Waals surface area contributed by atoms with Crippen molar-refractivity contribution < 1.29 is 9.90 Å². The smallest absolute Gasteiger partial charge is 0.336 e. The molecule has 0 amide bonds. The van der Waals surface area contributed by atoms with Gasteiger partial charge in [0.25, 0.3) is 0 Å². The van der Waals surface area contributed by atoms with Gasteiger partial charge in [0, 0.05) is 5.39 Å². The lowest BCUT2D eigenvalue weighted by Crippen LogP contribution is -1.98. The van der Waals surface area contributed by atoms with Crippen molar-refractivity contribution in [1.29, 1.82) is 0 Å². The van der Waals surface area contributed by atoms with Crippen molar-refractivity contribution in [2.45, 2.75) is 0 Å². The van der Waals surface area contributed by atoms with E-state index in [0.29, 0.717) is 20.9 Å². The van der Waals surface area contributed by atoms with Gasteiger partial charge in [-0.15, -0.1) is 0 Å². The van der Waals surface area contributed by atoms with Crippen molar-refractivity contribution in [2.24, 2.45) is 0 Å². The minimum Gasteiger partial charge on any atom is -0.478 e. The summed E-state index contributed by atoms with van der Waals surface area (Å²) in [5.74, 6) is -0.982. The number of fused-ring (bicyclic) bond motifs is 1. The molecule has 0 spiro atoms. The third-order valence-electron chi connectivity index (χ3n) is 2.99. The Kier molecular flexibility index (Phi) is 3.12. The molecule has 3 rings (SSSR count). The number of hydrogen-bond acceptors (Lipinski definition) is 2. The fraction of sp³-hybridized carbons (Fsp3) is 0. The van der Waals surface area contributed by atoms with Crippen LogP contribution in [0.3, 0.4) is 0 Å². The molecule has 20 heavy (non-hydrogen) atoms. The molecule has 0 saturated heterocycles. The van der Waals surface area contributed by atoms with Crippen molar-refractivity contribution in [3.05, 3.63) is 58.2 Å². The van der Waals surface area contributed by atoms with Crippen LogP contribution in [0, 0.1) is 0 Å². The van der Waals surface area contributed by atoms with Crippen LogP contribution in [0.4, 0.5) is 0 Å². The van der Waals surface area contributed by atoms with Gasteiger partial charge in [-0.3, -0.25) is 0 Å². The van der Waals surface area contributed by atoms with Crippen LogP contribution < -0.4 is 0 Å². The summed E-state index contributed by atoms with van der Waals surface area (Å²) in [6, 6.07) is 10.2. The summed E-state index contributed by atoms with van der Waals surface area (Å²) in [7, 11) is 0. The van der Waals surface area contributed by atoms with Gasteiger partial charge in [-0.25, -0.2) is 9.48 Å². The first-order chi connectivity index (χ1) is 9.58. The molecule has 2 aromatic carbocycles. The molecular formula is C14H8Cl2N2O2. The van der Waals surface area contributed by atoms with E-state index in [1.54, 1.807) is 41.1 Å². The maximum atomic E-state index is 11.2. The quantitative estimate of drug-likeness (QED) is 0.777. The summed E-state index contributed by atoms with van der Waals surface area (Å²) >= 11 is 11.9. The molecule has 0 radical (unpaired) electrons. The lowest BCUT2D eigenvalue weighted by atomic mass is 10.1. The van der Waals surface area contributed by atoms with Crippen LogP contribution in [0.15, 0.2) is 42.6 Å². The Balaban J connectivity index is 2.25. The van der Waals surface area contributed by atoms with E-state index in [1.807, 2.05) is 0 Å². The molecule has 1 heterocycles. The highest BCUT2D eigenvalue weighted by Gasteiger charge is 2.13. The van der Waals surface area contributed by atoms with Gasteiger partial charge in [0.15, 0.2) is 0 Å². The molecule has 0 saturated carbocycles. The van der Waals surface area contributed by atoms with Gasteiger partial charge in [-0.2, -0.15) is 5.10 Å². The van der Waals surface area contributed by atoms with Gasteiger partial charge in [-0.1, -0.05) is 29.3 Å². The number of carboxylic acid groups (broad SMARTS) is 1. The molecule has 0 fully saturated rings. The molecular weight excluding hydrogens is 299 g/mol. The summed E-state index contributed by atoms with van der Waals surface area (Å²) < 4.78 is 1.63. The average Bonchev–Trinajstić information content (AvgIpc) is 2.85. The highest BCUT2D eigenvalue weighted by molar-refractivity contribution is 6.42. The topological polar surface area (TPSA) is 55.1 Å². The van der Waals surface area contributed by atoms with Gasteiger partial charge in [0.05, 0.1) is 33.0 Å². The van der Waals surface area contributed by atoms with Crippen LogP contribution in [-0.2, 0) is 0 Å². The second kappa shape index (κ2) is 4.81. The highest BCUT2D eigenvalue weighted by atomic mass is 35.5.